The first-order valence-corrected chi connectivity index (χ1v) is 6.98. The molecule has 0 radical (unpaired) electrons. The lowest BCUT2D eigenvalue weighted by Crippen LogP contribution is -2.22. The first-order valence-electron chi connectivity index (χ1n) is 6.10. The molecule has 0 aliphatic rings. The van der Waals surface area contributed by atoms with Gasteiger partial charge in [0.15, 0.2) is 0 Å². The van der Waals surface area contributed by atoms with E-state index in [1.165, 1.54) is 11.8 Å². The third-order valence-electron chi connectivity index (χ3n) is 2.59. The minimum atomic E-state index is -0.162. The van der Waals surface area contributed by atoms with Crippen LogP contribution < -0.4 is 5.32 Å². The summed E-state index contributed by atoms with van der Waals surface area (Å²) < 4.78 is 0. The highest BCUT2D eigenvalue weighted by atomic mass is 32.2. The lowest BCUT2D eigenvalue weighted by atomic mass is 10.3. The summed E-state index contributed by atoms with van der Waals surface area (Å²) in [5, 5.41) is 2.66. The summed E-state index contributed by atoms with van der Waals surface area (Å²) in [4.78, 5) is 17.3. The number of thioether (sulfide) groups is 1. The third kappa shape index (κ3) is 4.10. The fourth-order valence-electron chi connectivity index (χ4n) is 1.53. The Hall–Kier alpha value is -1.81. The Balaban J connectivity index is 1.94. The van der Waals surface area contributed by atoms with Gasteiger partial charge in [-0.2, -0.15) is 0 Å². The molecule has 4 heteroatoms. The molecule has 0 aliphatic carbocycles. The number of aromatic nitrogens is 1. The Morgan fingerprint density at radius 3 is 2.58 bits per heavy atom. The van der Waals surface area contributed by atoms with Crippen LogP contribution in [0.2, 0.25) is 0 Å². The normalized spacial score (nSPS) is 11.9. The van der Waals surface area contributed by atoms with Gasteiger partial charge >= 0.3 is 0 Å². The van der Waals surface area contributed by atoms with Crippen molar-refractivity contribution in [2.75, 3.05) is 5.32 Å². The van der Waals surface area contributed by atoms with Crippen LogP contribution in [0.4, 0.5) is 5.82 Å². The molecule has 0 spiro atoms. The number of nitrogens with zero attached hydrogens (tertiary/aromatic N) is 1. The predicted octanol–water partition coefficient (Wildman–Crippen LogP) is 3.51. The maximum Gasteiger partial charge on any atom is 0.238 e. The van der Waals surface area contributed by atoms with Gasteiger partial charge in [0.2, 0.25) is 5.91 Å². The highest BCUT2D eigenvalue weighted by molar-refractivity contribution is 8.00. The molecule has 98 valence electrons. The molecule has 1 heterocycles. The monoisotopic (exact) mass is 272 g/mol. The average Bonchev–Trinajstić information content (AvgIpc) is 2.42. The molecule has 0 saturated carbocycles. The number of pyridine rings is 1. The van der Waals surface area contributed by atoms with E-state index in [0.29, 0.717) is 5.82 Å². The van der Waals surface area contributed by atoms with Crippen LogP contribution in [0.15, 0.2) is 53.6 Å². The molecule has 2 aromatic rings. The molecular weight excluding hydrogens is 256 g/mol. The SMILES string of the molecule is Cc1ccc(NC(=O)C(C)Sc2ccccc2)nc1. The number of nitrogens with one attached hydrogen (secondary N) is 1. The molecule has 0 bridgehead atoms. The van der Waals surface area contributed by atoms with Gasteiger partial charge in [-0.3, -0.25) is 4.79 Å². The molecule has 3 nitrogen and oxygen atoms in total. The average molecular weight is 272 g/mol. The Labute approximate surface area is 117 Å². The fourth-order valence-corrected chi connectivity index (χ4v) is 2.41. The van der Waals surface area contributed by atoms with Gasteiger partial charge in [0, 0.05) is 11.1 Å². The lowest BCUT2D eigenvalue weighted by molar-refractivity contribution is -0.115. The zero-order valence-electron chi connectivity index (χ0n) is 11.0. The van der Waals surface area contributed by atoms with Crippen molar-refractivity contribution in [3.05, 3.63) is 54.2 Å². The summed E-state index contributed by atoms with van der Waals surface area (Å²) in [7, 11) is 0. The van der Waals surface area contributed by atoms with E-state index in [1.807, 2.05) is 56.3 Å². The Morgan fingerprint density at radius 1 is 1.21 bits per heavy atom. The smallest absolute Gasteiger partial charge is 0.238 e. The number of carbonyl (C=O) groups is 1. The number of benzene rings is 1. The molecule has 1 unspecified atom stereocenters. The summed E-state index contributed by atoms with van der Waals surface area (Å²) in [6.07, 6.45) is 1.74. The fraction of sp³-hybridized carbons (Fsp3) is 0.200. The first kappa shape index (κ1) is 13.6. The van der Waals surface area contributed by atoms with Crippen molar-refractivity contribution in [2.45, 2.75) is 24.0 Å². The molecule has 1 amide bonds. The van der Waals surface area contributed by atoms with Gasteiger partial charge in [0.25, 0.3) is 0 Å². The number of rotatable bonds is 4. The van der Waals surface area contributed by atoms with E-state index in [1.54, 1.807) is 6.20 Å². The van der Waals surface area contributed by atoms with E-state index in [9.17, 15) is 4.79 Å². The second-order valence-electron chi connectivity index (χ2n) is 4.28. The van der Waals surface area contributed by atoms with Crippen molar-refractivity contribution in [2.24, 2.45) is 0 Å². The number of anilines is 1. The Kier molecular flexibility index (Phi) is 4.58. The van der Waals surface area contributed by atoms with E-state index in [4.69, 9.17) is 0 Å². The highest BCUT2D eigenvalue weighted by Crippen LogP contribution is 2.23. The summed E-state index contributed by atoms with van der Waals surface area (Å²) >= 11 is 1.53. The van der Waals surface area contributed by atoms with Crippen LogP contribution in [0, 0.1) is 6.92 Å². The van der Waals surface area contributed by atoms with E-state index in [2.05, 4.69) is 10.3 Å². The van der Waals surface area contributed by atoms with Crippen molar-refractivity contribution in [1.82, 2.24) is 4.98 Å². The number of amides is 1. The van der Waals surface area contributed by atoms with Gasteiger partial charge in [-0.15, -0.1) is 11.8 Å². The lowest BCUT2D eigenvalue weighted by Gasteiger charge is -2.11. The summed E-state index contributed by atoms with van der Waals surface area (Å²) in [6.45, 7) is 3.85. The van der Waals surface area contributed by atoms with Crippen LogP contribution in [0.1, 0.15) is 12.5 Å². The van der Waals surface area contributed by atoms with E-state index >= 15 is 0 Å². The number of carbonyl (C=O) groups excluding carboxylic acids is 1. The second kappa shape index (κ2) is 6.38. The van der Waals surface area contributed by atoms with Crippen LogP contribution in [-0.4, -0.2) is 16.1 Å². The van der Waals surface area contributed by atoms with E-state index in [-0.39, 0.29) is 11.2 Å². The van der Waals surface area contributed by atoms with Crippen molar-refractivity contribution >= 4 is 23.5 Å². The molecule has 1 atom stereocenters. The molecule has 1 aromatic heterocycles. The molecule has 1 aromatic carbocycles. The highest BCUT2D eigenvalue weighted by Gasteiger charge is 2.14. The maximum atomic E-state index is 12.0. The minimum absolute atomic E-state index is 0.0368. The molecule has 19 heavy (non-hydrogen) atoms. The molecular formula is C15H16N2OS. The van der Waals surface area contributed by atoms with Crippen molar-refractivity contribution < 1.29 is 4.79 Å². The maximum absolute atomic E-state index is 12.0. The Bertz CT molecular complexity index is 540. The predicted molar refractivity (Wildman–Crippen MR) is 79.4 cm³/mol. The third-order valence-corrected chi connectivity index (χ3v) is 3.70. The van der Waals surface area contributed by atoms with E-state index < -0.39 is 0 Å². The van der Waals surface area contributed by atoms with Gasteiger partial charge in [0.1, 0.15) is 5.82 Å². The van der Waals surface area contributed by atoms with Gasteiger partial charge in [-0.05, 0) is 37.6 Å². The zero-order valence-corrected chi connectivity index (χ0v) is 11.8. The summed E-state index contributed by atoms with van der Waals surface area (Å²) in [5.41, 5.74) is 1.07. The topological polar surface area (TPSA) is 42.0 Å². The van der Waals surface area contributed by atoms with Crippen LogP contribution >= 0.6 is 11.8 Å². The van der Waals surface area contributed by atoms with Crippen molar-refractivity contribution in [3.63, 3.8) is 0 Å². The quantitative estimate of drug-likeness (QED) is 0.866. The van der Waals surface area contributed by atoms with Gasteiger partial charge in [-0.25, -0.2) is 4.98 Å². The molecule has 1 N–H and O–H groups in total. The zero-order chi connectivity index (χ0) is 13.7. The largest absolute Gasteiger partial charge is 0.310 e. The van der Waals surface area contributed by atoms with Gasteiger partial charge in [-0.1, -0.05) is 24.3 Å². The number of aryl methyl sites for hydroxylation is 1. The number of hydrogen-bond acceptors (Lipinski definition) is 3. The van der Waals surface area contributed by atoms with Crippen molar-refractivity contribution in [3.8, 4) is 0 Å². The van der Waals surface area contributed by atoms with Crippen molar-refractivity contribution in [1.29, 1.82) is 0 Å². The minimum Gasteiger partial charge on any atom is -0.310 e. The molecule has 0 fully saturated rings. The van der Waals surface area contributed by atoms with E-state index in [0.717, 1.165) is 10.5 Å². The second-order valence-corrected chi connectivity index (χ2v) is 5.70. The molecule has 0 aliphatic heterocycles. The van der Waals surface area contributed by atoms with Gasteiger partial charge in [0.05, 0.1) is 5.25 Å². The molecule has 2 rings (SSSR count). The molecule has 0 saturated heterocycles. The van der Waals surface area contributed by atoms with Crippen LogP contribution in [0.25, 0.3) is 0 Å². The number of hydrogen-bond donors (Lipinski definition) is 1. The summed E-state index contributed by atoms with van der Waals surface area (Å²) in [5.74, 6) is 0.557. The van der Waals surface area contributed by atoms with Crippen LogP contribution in [0.3, 0.4) is 0 Å². The van der Waals surface area contributed by atoms with Gasteiger partial charge < -0.3 is 5.32 Å². The van der Waals surface area contributed by atoms with Crippen LogP contribution in [0.5, 0.6) is 0 Å². The standard InChI is InChI=1S/C15H16N2OS/c1-11-8-9-14(16-10-11)17-15(18)12(2)19-13-6-4-3-5-7-13/h3-10,12H,1-2H3,(H,16,17,18). The first-order chi connectivity index (χ1) is 9.15. The Morgan fingerprint density at radius 2 is 1.95 bits per heavy atom. The summed E-state index contributed by atoms with van der Waals surface area (Å²) in [6, 6.07) is 13.6. The van der Waals surface area contributed by atoms with Crippen LogP contribution in [-0.2, 0) is 4.79 Å².